The standard InChI is InChI=1S/C15H13F2N3O3/c1-18-8-6-12(21)14-13(22)7-9-20(19-14)10-2-4-11(5-3-10)23-15(16)17/h2-9,15,18H,1H3. The van der Waals surface area contributed by atoms with Crippen molar-refractivity contribution >= 4 is 5.78 Å². The fourth-order valence-corrected chi connectivity index (χ4v) is 1.74. The molecule has 8 heteroatoms. The number of carbonyl (C=O) groups is 1. The van der Waals surface area contributed by atoms with E-state index in [4.69, 9.17) is 0 Å². The first kappa shape index (κ1) is 16.3. The molecule has 1 N–H and O–H groups in total. The summed E-state index contributed by atoms with van der Waals surface area (Å²) in [6.45, 7) is -2.91. The van der Waals surface area contributed by atoms with E-state index in [-0.39, 0.29) is 11.4 Å². The molecule has 1 aromatic carbocycles. The van der Waals surface area contributed by atoms with Crippen molar-refractivity contribution < 1.29 is 18.3 Å². The maximum absolute atomic E-state index is 12.1. The van der Waals surface area contributed by atoms with E-state index in [9.17, 15) is 18.4 Å². The van der Waals surface area contributed by atoms with Crippen molar-refractivity contribution in [1.82, 2.24) is 15.1 Å². The minimum absolute atomic E-state index is 0.00181. The first-order valence-corrected chi connectivity index (χ1v) is 6.54. The van der Waals surface area contributed by atoms with Gasteiger partial charge >= 0.3 is 6.61 Å². The molecule has 0 aliphatic rings. The van der Waals surface area contributed by atoms with Crippen LogP contribution >= 0.6 is 0 Å². The lowest BCUT2D eigenvalue weighted by molar-refractivity contribution is -0.0498. The normalized spacial score (nSPS) is 11.0. The zero-order chi connectivity index (χ0) is 16.8. The molecule has 6 nitrogen and oxygen atoms in total. The summed E-state index contributed by atoms with van der Waals surface area (Å²) in [5.41, 5.74) is -0.269. The molecule has 0 bridgehead atoms. The minimum Gasteiger partial charge on any atom is -0.435 e. The highest BCUT2D eigenvalue weighted by molar-refractivity contribution is 6.02. The first-order valence-electron chi connectivity index (χ1n) is 6.54. The first-order chi connectivity index (χ1) is 11.0. The fourth-order valence-electron chi connectivity index (χ4n) is 1.74. The highest BCUT2D eigenvalue weighted by Crippen LogP contribution is 2.16. The predicted octanol–water partition coefficient (Wildman–Crippen LogP) is 1.75. The average Bonchev–Trinajstić information content (AvgIpc) is 2.53. The van der Waals surface area contributed by atoms with E-state index >= 15 is 0 Å². The Hall–Kier alpha value is -3.03. The summed E-state index contributed by atoms with van der Waals surface area (Å²) in [7, 11) is 1.61. The monoisotopic (exact) mass is 321 g/mol. The van der Waals surface area contributed by atoms with E-state index < -0.39 is 17.8 Å². The Morgan fingerprint density at radius 2 is 2.00 bits per heavy atom. The third kappa shape index (κ3) is 4.22. The molecule has 2 rings (SSSR count). The van der Waals surface area contributed by atoms with Crippen molar-refractivity contribution in [2.24, 2.45) is 0 Å². The second-order valence-corrected chi connectivity index (χ2v) is 4.33. The van der Waals surface area contributed by atoms with Gasteiger partial charge in [-0.05, 0) is 24.3 Å². The van der Waals surface area contributed by atoms with E-state index in [0.29, 0.717) is 5.69 Å². The number of aromatic nitrogens is 2. The van der Waals surface area contributed by atoms with Crippen LogP contribution in [0.25, 0.3) is 5.69 Å². The molecule has 23 heavy (non-hydrogen) atoms. The van der Waals surface area contributed by atoms with Gasteiger partial charge in [-0.2, -0.15) is 13.9 Å². The summed E-state index contributed by atoms with van der Waals surface area (Å²) in [6.07, 6.45) is 3.95. The van der Waals surface area contributed by atoms with Crippen molar-refractivity contribution in [3.8, 4) is 11.4 Å². The molecule has 0 saturated carbocycles. The number of ketones is 1. The maximum atomic E-state index is 12.1. The van der Waals surface area contributed by atoms with Crippen LogP contribution in [0.4, 0.5) is 8.78 Å². The van der Waals surface area contributed by atoms with Crippen LogP contribution in [0.5, 0.6) is 5.75 Å². The van der Waals surface area contributed by atoms with Crippen LogP contribution in [-0.2, 0) is 0 Å². The number of hydrogen-bond acceptors (Lipinski definition) is 5. The third-order valence-electron chi connectivity index (χ3n) is 2.77. The second-order valence-electron chi connectivity index (χ2n) is 4.33. The zero-order valence-corrected chi connectivity index (χ0v) is 12.1. The Morgan fingerprint density at radius 1 is 1.30 bits per heavy atom. The Kier molecular flexibility index (Phi) is 5.19. The fraction of sp³-hybridized carbons (Fsp3) is 0.133. The number of nitrogens with zero attached hydrogens (tertiary/aromatic N) is 2. The summed E-state index contributed by atoms with van der Waals surface area (Å²) in [5.74, 6) is -0.547. The summed E-state index contributed by atoms with van der Waals surface area (Å²) in [4.78, 5) is 23.6. The quantitative estimate of drug-likeness (QED) is 0.648. The average molecular weight is 321 g/mol. The maximum Gasteiger partial charge on any atom is 0.387 e. The molecule has 0 radical (unpaired) electrons. The van der Waals surface area contributed by atoms with Gasteiger partial charge in [-0.1, -0.05) is 0 Å². The van der Waals surface area contributed by atoms with Crippen LogP contribution in [0, 0.1) is 0 Å². The van der Waals surface area contributed by atoms with E-state index in [1.54, 1.807) is 7.05 Å². The van der Waals surface area contributed by atoms with E-state index in [2.05, 4.69) is 15.2 Å². The lowest BCUT2D eigenvalue weighted by Crippen LogP contribution is -2.19. The Bertz CT molecular complexity index is 770. The van der Waals surface area contributed by atoms with Gasteiger partial charge in [0.05, 0.1) is 5.69 Å². The molecule has 0 unspecified atom stereocenters. The number of rotatable bonds is 6. The van der Waals surface area contributed by atoms with Crippen LogP contribution in [0.15, 0.2) is 53.6 Å². The van der Waals surface area contributed by atoms with Crippen molar-refractivity contribution in [3.63, 3.8) is 0 Å². The Labute approximate surface area is 130 Å². The number of benzene rings is 1. The minimum atomic E-state index is -2.91. The summed E-state index contributed by atoms with van der Waals surface area (Å²) in [5, 5.41) is 6.62. The van der Waals surface area contributed by atoms with Crippen molar-refractivity contribution in [2.75, 3.05) is 7.05 Å². The van der Waals surface area contributed by atoms with Crippen LogP contribution in [0.1, 0.15) is 10.5 Å². The number of ether oxygens (including phenoxy) is 1. The molecule has 120 valence electrons. The highest BCUT2D eigenvalue weighted by Gasteiger charge is 2.11. The lowest BCUT2D eigenvalue weighted by Gasteiger charge is -2.08. The van der Waals surface area contributed by atoms with Crippen molar-refractivity contribution in [3.05, 3.63) is 64.7 Å². The van der Waals surface area contributed by atoms with Crippen LogP contribution in [0.2, 0.25) is 0 Å². The molecule has 0 amide bonds. The SMILES string of the molecule is CNC=CC(=O)c1nn(-c2ccc(OC(F)F)cc2)ccc1=O. The van der Waals surface area contributed by atoms with Gasteiger partial charge in [0.2, 0.25) is 11.2 Å². The molecule has 0 atom stereocenters. The topological polar surface area (TPSA) is 73.2 Å². The van der Waals surface area contributed by atoms with E-state index in [0.717, 1.165) is 0 Å². The largest absolute Gasteiger partial charge is 0.435 e. The lowest BCUT2D eigenvalue weighted by atomic mass is 10.2. The third-order valence-corrected chi connectivity index (χ3v) is 2.77. The van der Waals surface area contributed by atoms with Gasteiger partial charge in [-0.3, -0.25) is 9.59 Å². The summed E-state index contributed by atoms with van der Waals surface area (Å²) in [6, 6.07) is 6.84. The molecule has 0 spiro atoms. The van der Waals surface area contributed by atoms with Gasteiger partial charge in [-0.25, -0.2) is 4.68 Å². The van der Waals surface area contributed by atoms with Crippen LogP contribution in [0.3, 0.4) is 0 Å². The molecule has 1 heterocycles. The number of allylic oxidation sites excluding steroid dienone is 1. The molecule has 0 aliphatic carbocycles. The Morgan fingerprint density at radius 3 is 2.61 bits per heavy atom. The predicted molar refractivity (Wildman–Crippen MR) is 79.0 cm³/mol. The summed E-state index contributed by atoms with van der Waals surface area (Å²) >= 11 is 0. The van der Waals surface area contributed by atoms with Gasteiger partial charge in [0.25, 0.3) is 0 Å². The number of nitrogens with one attached hydrogen (secondary N) is 1. The van der Waals surface area contributed by atoms with Crippen LogP contribution < -0.4 is 15.5 Å². The van der Waals surface area contributed by atoms with Crippen molar-refractivity contribution in [2.45, 2.75) is 6.61 Å². The smallest absolute Gasteiger partial charge is 0.387 e. The number of alkyl halides is 2. The molecule has 1 aromatic heterocycles. The molecule has 0 fully saturated rings. The number of carbonyl (C=O) groups excluding carboxylic acids is 1. The molecule has 2 aromatic rings. The van der Waals surface area contributed by atoms with E-state index in [1.807, 2.05) is 0 Å². The van der Waals surface area contributed by atoms with Gasteiger partial charge in [0, 0.05) is 31.6 Å². The van der Waals surface area contributed by atoms with E-state index in [1.165, 1.54) is 53.5 Å². The van der Waals surface area contributed by atoms with Gasteiger partial charge < -0.3 is 10.1 Å². The number of halogens is 2. The molecular weight excluding hydrogens is 308 g/mol. The summed E-state index contributed by atoms with van der Waals surface area (Å²) < 4.78 is 29.8. The molecule has 0 aliphatic heterocycles. The van der Waals surface area contributed by atoms with Gasteiger partial charge in [0.1, 0.15) is 5.75 Å². The van der Waals surface area contributed by atoms with Crippen LogP contribution in [-0.4, -0.2) is 29.2 Å². The zero-order valence-electron chi connectivity index (χ0n) is 12.1. The second kappa shape index (κ2) is 7.30. The van der Waals surface area contributed by atoms with Gasteiger partial charge in [0.15, 0.2) is 5.69 Å². The number of hydrogen-bond donors (Lipinski definition) is 1. The molecule has 0 saturated heterocycles. The van der Waals surface area contributed by atoms with Gasteiger partial charge in [-0.15, -0.1) is 0 Å². The highest BCUT2D eigenvalue weighted by atomic mass is 19.3. The molecular formula is C15H13F2N3O3. The Balaban J connectivity index is 2.32. The van der Waals surface area contributed by atoms with Crippen molar-refractivity contribution in [1.29, 1.82) is 0 Å².